The van der Waals surface area contributed by atoms with Crippen molar-refractivity contribution in [3.05, 3.63) is 40.9 Å². The Hall–Kier alpha value is -1.50. The lowest BCUT2D eigenvalue weighted by atomic mass is 10.2. The monoisotopic (exact) mass is 278 g/mol. The standard InChI is InChI=1S/C13H18N4OS/c1-14-13-16-15-12(19-13)10-17(7-8-18)9-11-5-3-2-4-6-11/h2-6,18H,7-10H2,1H3,(H,14,16). The van der Waals surface area contributed by atoms with Gasteiger partial charge in [-0.15, -0.1) is 10.2 Å². The van der Waals surface area contributed by atoms with Crippen LogP contribution in [-0.2, 0) is 13.1 Å². The first kappa shape index (κ1) is 13.9. The number of aliphatic hydroxyl groups excluding tert-OH is 1. The van der Waals surface area contributed by atoms with Crippen molar-refractivity contribution in [2.45, 2.75) is 13.1 Å². The van der Waals surface area contributed by atoms with Gasteiger partial charge in [-0.05, 0) is 5.56 Å². The van der Waals surface area contributed by atoms with E-state index in [-0.39, 0.29) is 6.61 Å². The second-order valence-electron chi connectivity index (χ2n) is 4.17. The molecule has 0 amide bonds. The normalized spacial score (nSPS) is 10.9. The molecule has 0 radical (unpaired) electrons. The molecule has 102 valence electrons. The van der Waals surface area contributed by atoms with Crippen LogP contribution in [0.2, 0.25) is 0 Å². The van der Waals surface area contributed by atoms with E-state index >= 15 is 0 Å². The van der Waals surface area contributed by atoms with Gasteiger partial charge in [0.15, 0.2) is 0 Å². The van der Waals surface area contributed by atoms with Gasteiger partial charge < -0.3 is 10.4 Å². The van der Waals surface area contributed by atoms with Gasteiger partial charge in [-0.2, -0.15) is 0 Å². The molecular formula is C13H18N4OS. The fourth-order valence-corrected chi connectivity index (χ4v) is 2.54. The minimum Gasteiger partial charge on any atom is -0.395 e. The second-order valence-corrected chi connectivity index (χ2v) is 5.23. The molecule has 6 heteroatoms. The van der Waals surface area contributed by atoms with Gasteiger partial charge in [0.1, 0.15) is 5.01 Å². The summed E-state index contributed by atoms with van der Waals surface area (Å²) in [5.41, 5.74) is 1.23. The van der Waals surface area contributed by atoms with Crippen LogP contribution in [0.5, 0.6) is 0 Å². The smallest absolute Gasteiger partial charge is 0.205 e. The maximum absolute atomic E-state index is 9.16. The first-order valence-corrected chi connectivity index (χ1v) is 7.00. The molecule has 1 aromatic heterocycles. The lowest BCUT2D eigenvalue weighted by Gasteiger charge is -2.19. The van der Waals surface area contributed by atoms with Crippen molar-refractivity contribution in [3.63, 3.8) is 0 Å². The molecule has 0 saturated heterocycles. The number of rotatable bonds is 7. The van der Waals surface area contributed by atoms with Gasteiger partial charge >= 0.3 is 0 Å². The van der Waals surface area contributed by atoms with Gasteiger partial charge in [0.2, 0.25) is 5.13 Å². The van der Waals surface area contributed by atoms with Crippen LogP contribution in [-0.4, -0.2) is 40.4 Å². The van der Waals surface area contributed by atoms with Crippen molar-refractivity contribution in [3.8, 4) is 0 Å². The highest BCUT2D eigenvalue weighted by molar-refractivity contribution is 7.15. The zero-order valence-electron chi connectivity index (χ0n) is 10.9. The molecule has 19 heavy (non-hydrogen) atoms. The van der Waals surface area contributed by atoms with E-state index in [0.29, 0.717) is 13.1 Å². The number of hydrogen-bond donors (Lipinski definition) is 2. The van der Waals surface area contributed by atoms with E-state index in [0.717, 1.165) is 16.7 Å². The Balaban J connectivity index is 1.99. The van der Waals surface area contributed by atoms with Crippen molar-refractivity contribution >= 4 is 16.5 Å². The lowest BCUT2D eigenvalue weighted by molar-refractivity contribution is 0.184. The number of aliphatic hydroxyl groups is 1. The molecule has 0 saturated carbocycles. The summed E-state index contributed by atoms with van der Waals surface area (Å²) in [7, 11) is 1.83. The summed E-state index contributed by atoms with van der Waals surface area (Å²) in [5.74, 6) is 0. The highest BCUT2D eigenvalue weighted by atomic mass is 32.1. The minimum absolute atomic E-state index is 0.143. The fraction of sp³-hybridized carbons (Fsp3) is 0.385. The first-order valence-electron chi connectivity index (χ1n) is 6.19. The summed E-state index contributed by atoms with van der Waals surface area (Å²) >= 11 is 1.54. The van der Waals surface area contributed by atoms with Crippen LogP contribution in [0.15, 0.2) is 30.3 Å². The van der Waals surface area contributed by atoms with Crippen LogP contribution in [0.3, 0.4) is 0 Å². The van der Waals surface area contributed by atoms with Gasteiger partial charge in [-0.25, -0.2) is 0 Å². The maximum Gasteiger partial charge on any atom is 0.205 e. The van der Waals surface area contributed by atoms with Crippen molar-refractivity contribution in [2.75, 3.05) is 25.5 Å². The Morgan fingerprint density at radius 2 is 2.00 bits per heavy atom. The zero-order chi connectivity index (χ0) is 13.5. The predicted octanol–water partition coefficient (Wildman–Crippen LogP) is 1.57. The van der Waals surface area contributed by atoms with Crippen LogP contribution >= 0.6 is 11.3 Å². The quantitative estimate of drug-likeness (QED) is 0.805. The summed E-state index contributed by atoms with van der Waals surface area (Å²) in [6, 6.07) is 10.2. The van der Waals surface area contributed by atoms with Crippen molar-refractivity contribution < 1.29 is 5.11 Å². The second kappa shape index (κ2) is 7.18. The third kappa shape index (κ3) is 4.27. The highest BCUT2D eigenvalue weighted by Gasteiger charge is 2.10. The Morgan fingerprint density at radius 1 is 1.21 bits per heavy atom. The van der Waals surface area contributed by atoms with Crippen molar-refractivity contribution in [2.24, 2.45) is 0 Å². The Labute approximate surface area is 116 Å². The van der Waals surface area contributed by atoms with E-state index in [2.05, 4.69) is 32.5 Å². The Bertz CT molecular complexity index is 488. The van der Waals surface area contributed by atoms with Crippen LogP contribution in [0.1, 0.15) is 10.6 Å². The fourth-order valence-electron chi connectivity index (χ4n) is 1.81. The number of aromatic nitrogens is 2. The SMILES string of the molecule is CNc1nnc(CN(CCO)Cc2ccccc2)s1. The Kier molecular flexibility index (Phi) is 5.26. The molecule has 2 N–H and O–H groups in total. The molecule has 0 aliphatic rings. The van der Waals surface area contributed by atoms with Crippen LogP contribution in [0.25, 0.3) is 0 Å². The molecule has 0 aliphatic carbocycles. The molecule has 1 heterocycles. The van der Waals surface area contributed by atoms with Gasteiger partial charge in [0.25, 0.3) is 0 Å². The van der Waals surface area contributed by atoms with Crippen LogP contribution in [0.4, 0.5) is 5.13 Å². The number of nitrogens with zero attached hydrogens (tertiary/aromatic N) is 3. The van der Waals surface area contributed by atoms with E-state index < -0.39 is 0 Å². The van der Waals surface area contributed by atoms with Gasteiger partial charge in [-0.3, -0.25) is 4.90 Å². The van der Waals surface area contributed by atoms with E-state index in [1.807, 2.05) is 25.2 Å². The summed E-state index contributed by atoms with van der Waals surface area (Å²) in [5, 5.41) is 22.1. The summed E-state index contributed by atoms with van der Waals surface area (Å²) in [4.78, 5) is 2.16. The van der Waals surface area contributed by atoms with Gasteiger partial charge in [0.05, 0.1) is 13.2 Å². The van der Waals surface area contributed by atoms with E-state index in [1.165, 1.54) is 5.56 Å². The van der Waals surface area contributed by atoms with E-state index in [1.54, 1.807) is 11.3 Å². The van der Waals surface area contributed by atoms with Gasteiger partial charge in [0, 0.05) is 20.1 Å². The zero-order valence-corrected chi connectivity index (χ0v) is 11.7. The number of benzene rings is 1. The number of anilines is 1. The predicted molar refractivity (Wildman–Crippen MR) is 77.1 cm³/mol. The molecule has 0 bridgehead atoms. The molecule has 5 nitrogen and oxygen atoms in total. The summed E-state index contributed by atoms with van der Waals surface area (Å²) in [6.07, 6.45) is 0. The average molecular weight is 278 g/mol. The molecular weight excluding hydrogens is 260 g/mol. The number of nitrogens with one attached hydrogen (secondary N) is 1. The number of hydrogen-bond acceptors (Lipinski definition) is 6. The third-order valence-electron chi connectivity index (χ3n) is 2.70. The molecule has 1 aromatic carbocycles. The third-order valence-corrected chi connectivity index (χ3v) is 3.63. The Morgan fingerprint density at radius 3 is 2.63 bits per heavy atom. The molecule has 2 rings (SSSR count). The van der Waals surface area contributed by atoms with Crippen LogP contribution < -0.4 is 5.32 Å². The average Bonchev–Trinajstić information content (AvgIpc) is 2.88. The summed E-state index contributed by atoms with van der Waals surface area (Å²) in [6.45, 7) is 2.28. The van der Waals surface area contributed by atoms with Crippen molar-refractivity contribution in [1.82, 2.24) is 15.1 Å². The first-order chi connectivity index (χ1) is 9.31. The minimum atomic E-state index is 0.143. The topological polar surface area (TPSA) is 61.3 Å². The molecule has 0 spiro atoms. The molecule has 0 atom stereocenters. The van der Waals surface area contributed by atoms with Gasteiger partial charge in [-0.1, -0.05) is 41.7 Å². The van der Waals surface area contributed by atoms with E-state index in [9.17, 15) is 0 Å². The van der Waals surface area contributed by atoms with E-state index in [4.69, 9.17) is 5.11 Å². The molecule has 2 aromatic rings. The lowest BCUT2D eigenvalue weighted by Crippen LogP contribution is -2.26. The highest BCUT2D eigenvalue weighted by Crippen LogP contribution is 2.17. The maximum atomic E-state index is 9.16. The van der Waals surface area contributed by atoms with Crippen LogP contribution in [0, 0.1) is 0 Å². The summed E-state index contributed by atoms with van der Waals surface area (Å²) < 4.78 is 0. The molecule has 0 aliphatic heterocycles. The van der Waals surface area contributed by atoms with Crippen molar-refractivity contribution in [1.29, 1.82) is 0 Å². The largest absolute Gasteiger partial charge is 0.395 e. The molecule has 0 unspecified atom stereocenters. The molecule has 0 fully saturated rings.